The molecule has 0 bridgehead atoms. The fourth-order valence-electron chi connectivity index (χ4n) is 7.91. The van der Waals surface area contributed by atoms with Gasteiger partial charge in [-0.25, -0.2) is 4.79 Å². The molecule has 2 aromatic carbocycles. The molecule has 3 N–H and O–H groups in total. The van der Waals surface area contributed by atoms with E-state index >= 15 is 0 Å². The number of nitrogens with zero attached hydrogens (tertiary/aromatic N) is 4. The number of aldehydes is 1. The Morgan fingerprint density at radius 2 is 1.60 bits per heavy atom. The molecule has 2 aliphatic heterocycles. The average molecular weight is 786 g/mol. The Hall–Kier alpha value is -5.37. The van der Waals surface area contributed by atoms with Crippen LogP contribution < -0.4 is 31.0 Å². The number of carbonyl (C=O) groups excluding carboxylic acids is 4. The van der Waals surface area contributed by atoms with Crippen molar-refractivity contribution in [2.45, 2.75) is 83.5 Å². The van der Waals surface area contributed by atoms with Crippen LogP contribution in [0.15, 0.2) is 41.3 Å². The number of ether oxygens (including phenoxy) is 2. The quantitative estimate of drug-likeness (QED) is 0.109. The molecule has 3 heterocycles. The Kier molecular flexibility index (Phi) is 15.1. The molecule has 57 heavy (non-hydrogen) atoms. The summed E-state index contributed by atoms with van der Waals surface area (Å²) in [4.78, 5) is 68.6. The van der Waals surface area contributed by atoms with Crippen molar-refractivity contribution in [3.05, 3.63) is 74.7 Å². The second kappa shape index (κ2) is 20.2. The molecule has 14 heteroatoms. The number of aromatic nitrogens is 1. The fourth-order valence-corrected chi connectivity index (χ4v) is 7.91. The largest absolute Gasteiger partial charge is 0.496 e. The molecule has 0 saturated heterocycles. The van der Waals surface area contributed by atoms with E-state index in [1.807, 2.05) is 44.6 Å². The highest BCUT2D eigenvalue weighted by molar-refractivity contribution is 6.02. The number of likely N-dealkylation sites (N-methyl/N-ethyl adjacent to an activating group) is 1. The van der Waals surface area contributed by atoms with Gasteiger partial charge in [0.15, 0.2) is 0 Å². The first-order valence-electron chi connectivity index (χ1n) is 20.0. The molecule has 2 aliphatic rings. The number of fused-ring (bicyclic) bond motifs is 2. The molecule has 0 spiro atoms. The topological polar surface area (TPSA) is 155 Å². The fraction of sp³-hybridized carbons (Fsp3) is 0.512. The van der Waals surface area contributed by atoms with Gasteiger partial charge in [0.1, 0.15) is 23.8 Å². The molecule has 5 rings (SSSR count). The number of unbranched alkanes of at least 4 members (excludes halogenated alkanes) is 5. The summed E-state index contributed by atoms with van der Waals surface area (Å²) in [6, 6.07) is 8.76. The van der Waals surface area contributed by atoms with Crippen molar-refractivity contribution >= 4 is 29.8 Å². The highest BCUT2D eigenvalue weighted by Gasteiger charge is 2.37. The van der Waals surface area contributed by atoms with Gasteiger partial charge >= 0.3 is 6.03 Å². The van der Waals surface area contributed by atoms with Gasteiger partial charge in [-0.2, -0.15) is 0 Å². The number of aryl methyl sites for hydroxylation is 1. The molecular weight excluding hydrogens is 727 g/mol. The molecule has 4 amide bonds. The van der Waals surface area contributed by atoms with E-state index in [-0.39, 0.29) is 42.8 Å². The average Bonchev–Trinajstić information content (AvgIpc) is 3.55. The lowest BCUT2D eigenvalue weighted by Crippen LogP contribution is -2.46. The van der Waals surface area contributed by atoms with Crippen molar-refractivity contribution in [2.24, 2.45) is 7.05 Å². The summed E-state index contributed by atoms with van der Waals surface area (Å²) in [6.45, 7) is 3.08. The van der Waals surface area contributed by atoms with Crippen LogP contribution in [0.25, 0.3) is 11.1 Å². The summed E-state index contributed by atoms with van der Waals surface area (Å²) >= 11 is 0. The zero-order chi connectivity index (χ0) is 41.1. The molecular formula is C43H59N7O7. The van der Waals surface area contributed by atoms with Crippen molar-refractivity contribution in [3.8, 4) is 22.6 Å². The van der Waals surface area contributed by atoms with Crippen LogP contribution in [0, 0.1) is 0 Å². The highest BCUT2D eigenvalue weighted by atomic mass is 16.5. The monoisotopic (exact) mass is 785 g/mol. The minimum atomic E-state index is -0.688. The number of anilines is 1. The standard InChI is InChI=1S/C43H59N7O7/c1-44-40(52)37(17-14-22-51)50-28-33-31(42(50)54)15-13-16-36(33)45-19-11-9-7-8-10-12-20-46-43(55)49-21-18-30-32(26-48(4)41(53)34(30)27-49)29-23-38(56-5)35(25-47(2)3)39(24-29)57-6/h13,15-16,22-24,26,37,45H,7-12,14,17-21,25,27-28H2,1-6H3,(H,44,52)(H,46,55). The maximum Gasteiger partial charge on any atom is 0.317 e. The van der Waals surface area contributed by atoms with Gasteiger partial charge in [-0.15, -0.1) is 0 Å². The maximum atomic E-state index is 13.3. The summed E-state index contributed by atoms with van der Waals surface area (Å²) in [5.41, 5.74) is 6.65. The Morgan fingerprint density at radius 1 is 0.912 bits per heavy atom. The summed E-state index contributed by atoms with van der Waals surface area (Å²) in [5, 5.41) is 9.17. The van der Waals surface area contributed by atoms with Crippen LogP contribution in [0.3, 0.4) is 0 Å². The number of benzene rings is 2. The molecule has 0 saturated carbocycles. The zero-order valence-electron chi connectivity index (χ0n) is 34.4. The number of hydrogen-bond donors (Lipinski definition) is 3. The van der Waals surface area contributed by atoms with Gasteiger partial charge < -0.3 is 49.5 Å². The van der Waals surface area contributed by atoms with Gasteiger partial charge in [0, 0.05) is 87.4 Å². The lowest BCUT2D eigenvalue weighted by molar-refractivity contribution is -0.125. The molecule has 0 fully saturated rings. The molecule has 14 nitrogen and oxygen atoms in total. The van der Waals surface area contributed by atoms with Gasteiger partial charge in [-0.3, -0.25) is 14.4 Å². The second-order valence-corrected chi connectivity index (χ2v) is 15.1. The van der Waals surface area contributed by atoms with Crippen LogP contribution >= 0.6 is 0 Å². The first-order valence-corrected chi connectivity index (χ1v) is 20.0. The predicted octanol–water partition coefficient (Wildman–Crippen LogP) is 4.70. The highest BCUT2D eigenvalue weighted by Crippen LogP contribution is 2.38. The molecule has 308 valence electrons. The SMILES string of the molecule is CNC(=O)C(CCC=O)N1Cc2c(NCCCCCCCCNC(=O)N3CCc4c(-c5cc(OC)c(CN(C)C)c(OC)c5)cn(C)c(=O)c4C3)cccc2C1=O. The number of carbonyl (C=O) groups is 4. The lowest BCUT2D eigenvalue weighted by atomic mass is 9.91. The van der Waals surface area contributed by atoms with Gasteiger partial charge in [-0.1, -0.05) is 31.7 Å². The van der Waals surface area contributed by atoms with Crippen LogP contribution in [0.2, 0.25) is 0 Å². The third-order valence-electron chi connectivity index (χ3n) is 10.9. The van der Waals surface area contributed by atoms with Gasteiger partial charge in [0.25, 0.3) is 11.5 Å². The van der Waals surface area contributed by atoms with Gasteiger partial charge in [0.2, 0.25) is 5.91 Å². The van der Waals surface area contributed by atoms with E-state index in [4.69, 9.17) is 9.47 Å². The van der Waals surface area contributed by atoms with Crippen LogP contribution in [-0.2, 0) is 42.7 Å². The molecule has 3 aromatic rings. The smallest absolute Gasteiger partial charge is 0.317 e. The Bertz CT molecular complexity index is 1950. The van der Waals surface area contributed by atoms with Crippen molar-refractivity contribution in [2.75, 3.05) is 60.3 Å². The molecule has 0 radical (unpaired) electrons. The molecule has 0 aliphatic carbocycles. The molecule has 1 atom stereocenters. The molecule has 1 unspecified atom stereocenters. The first kappa shape index (κ1) is 42.8. The van der Waals surface area contributed by atoms with E-state index in [0.29, 0.717) is 43.7 Å². The van der Waals surface area contributed by atoms with Crippen molar-refractivity contribution in [3.63, 3.8) is 0 Å². The van der Waals surface area contributed by atoms with E-state index in [1.165, 1.54) is 7.05 Å². The Labute approximate surface area is 335 Å². The summed E-state index contributed by atoms with van der Waals surface area (Å²) in [6.07, 6.45) is 9.73. The normalized spacial score (nSPS) is 13.9. The zero-order valence-corrected chi connectivity index (χ0v) is 34.4. The van der Waals surface area contributed by atoms with Crippen molar-refractivity contribution in [1.82, 2.24) is 29.9 Å². The lowest BCUT2D eigenvalue weighted by Gasteiger charge is -2.30. The number of urea groups is 1. The second-order valence-electron chi connectivity index (χ2n) is 15.1. The van der Waals surface area contributed by atoms with Gasteiger partial charge in [0.05, 0.1) is 26.3 Å². The number of methoxy groups -OCH3 is 2. The van der Waals surface area contributed by atoms with E-state index in [2.05, 4.69) is 20.9 Å². The summed E-state index contributed by atoms with van der Waals surface area (Å²) < 4.78 is 13.1. The first-order chi connectivity index (χ1) is 27.5. The van der Waals surface area contributed by atoms with Crippen LogP contribution in [0.1, 0.15) is 84.0 Å². The number of pyridine rings is 1. The van der Waals surface area contributed by atoms with Crippen molar-refractivity contribution in [1.29, 1.82) is 0 Å². The Morgan fingerprint density at radius 3 is 2.25 bits per heavy atom. The van der Waals surface area contributed by atoms with Gasteiger partial charge in [-0.05, 0) is 75.2 Å². The van der Waals surface area contributed by atoms with Crippen LogP contribution in [0.4, 0.5) is 10.5 Å². The summed E-state index contributed by atoms with van der Waals surface area (Å²) in [5.74, 6) is 0.980. The van der Waals surface area contributed by atoms with Crippen molar-refractivity contribution < 1.29 is 28.7 Å². The third-order valence-corrected chi connectivity index (χ3v) is 10.9. The maximum absolute atomic E-state index is 13.3. The summed E-state index contributed by atoms with van der Waals surface area (Å²) in [7, 11) is 10.6. The third kappa shape index (κ3) is 10.1. The van der Waals surface area contributed by atoms with Crippen LogP contribution in [0.5, 0.6) is 11.5 Å². The predicted molar refractivity (Wildman–Crippen MR) is 221 cm³/mol. The van der Waals surface area contributed by atoms with E-state index in [9.17, 15) is 24.0 Å². The minimum Gasteiger partial charge on any atom is -0.496 e. The molecule has 1 aromatic heterocycles. The number of rotatable bonds is 20. The van der Waals surface area contributed by atoms with Crippen LogP contribution in [-0.4, -0.2) is 104 Å². The van der Waals surface area contributed by atoms with E-state index < -0.39 is 6.04 Å². The number of amides is 4. The number of nitrogens with one attached hydrogen (secondary N) is 3. The van der Waals surface area contributed by atoms with E-state index in [0.717, 1.165) is 96.4 Å². The Balaban J connectivity index is 1.05. The van der Waals surface area contributed by atoms with E-state index in [1.54, 1.807) is 41.7 Å². The number of hydrogen-bond acceptors (Lipinski definition) is 9. The minimum absolute atomic E-state index is 0.0996.